The van der Waals surface area contributed by atoms with Crippen molar-refractivity contribution in [2.75, 3.05) is 0 Å². The van der Waals surface area contributed by atoms with Crippen molar-refractivity contribution in [3.63, 3.8) is 0 Å². The van der Waals surface area contributed by atoms with E-state index in [9.17, 15) is 0 Å². The summed E-state index contributed by atoms with van der Waals surface area (Å²) < 4.78 is 1.36. The lowest BCUT2D eigenvalue weighted by molar-refractivity contribution is 1.01. The van der Waals surface area contributed by atoms with Gasteiger partial charge in [-0.05, 0) is 114 Å². The first-order valence-corrected chi connectivity index (χ1v) is 21.8. The molecular formula is C58H38N2S. The third-order valence-electron chi connectivity index (χ3n) is 12.4. The van der Waals surface area contributed by atoms with Gasteiger partial charge in [-0.1, -0.05) is 176 Å². The van der Waals surface area contributed by atoms with Gasteiger partial charge in [0.15, 0.2) is 0 Å². The average molecular weight is 795 g/mol. The minimum absolute atomic E-state index is 0.867. The summed E-state index contributed by atoms with van der Waals surface area (Å²) in [5.41, 5.74) is 17.3. The average Bonchev–Trinajstić information content (AvgIpc) is 3.73. The van der Waals surface area contributed by atoms with Crippen LogP contribution < -0.4 is 0 Å². The van der Waals surface area contributed by atoms with Crippen molar-refractivity contribution in [3.8, 4) is 66.9 Å². The van der Waals surface area contributed by atoms with Gasteiger partial charge in [0.1, 0.15) is 0 Å². The lowest BCUT2D eigenvalue weighted by Crippen LogP contribution is -1.93. The van der Waals surface area contributed by atoms with E-state index in [1.165, 1.54) is 81.5 Å². The van der Waals surface area contributed by atoms with E-state index in [1.807, 2.05) is 17.5 Å². The zero-order chi connectivity index (χ0) is 40.3. The van der Waals surface area contributed by atoms with Crippen molar-refractivity contribution in [1.82, 2.24) is 9.97 Å². The third kappa shape index (κ3) is 6.25. The molecule has 0 N–H and O–H groups in total. The molecule has 2 aromatic heterocycles. The molecule has 0 amide bonds. The summed E-state index contributed by atoms with van der Waals surface area (Å²) in [5, 5.41) is 5.91. The maximum atomic E-state index is 5.47. The molecule has 0 spiro atoms. The highest BCUT2D eigenvalue weighted by Gasteiger charge is 2.18. The van der Waals surface area contributed by atoms with Crippen LogP contribution in [0, 0.1) is 0 Å². The number of thiophene rings is 1. The van der Waals surface area contributed by atoms with Crippen molar-refractivity contribution >= 4 is 60.1 Å². The first kappa shape index (κ1) is 35.5. The standard InChI is InChI=1S/C58H38N2S/c1-3-11-37(12-4-1)39-21-25-41(26-22-39)43-29-31-49-52(34-43)53-35-44(42-27-23-40(24-28-42)38-13-5-2-6-14-38)30-32-50(53)57-56(49)59-36-54(60-57)46-16-9-15-45(33-46)47-18-10-19-51-48-17-7-8-20-55(48)61-58(47)51/h1-6,8-16,18-36H,7,17H2. The fraction of sp³-hybridized carbons (Fsp3) is 0.0345. The molecule has 0 atom stereocenters. The molecule has 9 aromatic carbocycles. The van der Waals surface area contributed by atoms with Gasteiger partial charge < -0.3 is 0 Å². The summed E-state index contributed by atoms with van der Waals surface area (Å²) >= 11 is 1.91. The molecule has 0 fully saturated rings. The molecule has 1 aliphatic rings. The van der Waals surface area contributed by atoms with Crippen molar-refractivity contribution in [2.45, 2.75) is 12.8 Å². The van der Waals surface area contributed by atoms with E-state index in [1.54, 1.807) is 0 Å². The van der Waals surface area contributed by atoms with E-state index < -0.39 is 0 Å². The predicted molar refractivity (Wildman–Crippen MR) is 260 cm³/mol. The minimum Gasteiger partial charge on any atom is -0.252 e. The van der Waals surface area contributed by atoms with E-state index in [4.69, 9.17) is 9.97 Å². The molecule has 3 heteroatoms. The van der Waals surface area contributed by atoms with Gasteiger partial charge in [0.2, 0.25) is 0 Å². The van der Waals surface area contributed by atoms with Crippen LogP contribution in [0.2, 0.25) is 0 Å². The minimum atomic E-state index is 0.867. The number of nitrogens with zero attached hydrogens (tertiary/aromatic N) is 2. The van der Waals surface area contributed by atoms with Crippen LogP contribution in [0.25, 0.3) is 116 Å². The Labute approximate surface area is 358 Å². The summed E-state index contributed by atoms with van der Waals surface area (Å²) in [5.74, 6) is 0. The van der Waals surface area contributed by atoms with Crippen LogP contribution in [0.4, 0.5) is 0 Å². The van der Waals surface area contributed by atoms with Crippen LogP contribution in [0.15, 0.2) is 200 Å². The summed E-state index contributed by atoms with van der Waals surface area (Å²) in [7, 11) is 0. The molecule has 0 saturated carbocycles. The number of aryl methyl sites for hydroxylation is 1. The zero-order valence-corrected chi connectivity index (χ0v) is 34.2. The monoisotopic (exact) mass is 794 g/mol. The Morgan fingerprint density at radius 2 is 0.918 bits per heavy atom. The molecule has 0 radical (unpaired) electrons. The summed E-state index contributed by atoms with van der Waals surface area (Å²) in [4.78, 5) is 12.1. The molecule has 2 nitrogen and oxygen atoms in total. The van der Waals surface area contributed by atoms with Crippen LogP contribution in [-0.4, -0.2) is 9.97 Å². The van der Waals surface area contributed by atoms with Gasteiger partial charge in [-0.15, -0.1) is 11.3 Å². The maximum Gasteiger partial charge on any atom is 0.0979 e. The van der Waals surface area contributed by atoms with Gasteiger partial charge in [0.05, 0.1) is 22.9 Å². The third-order valence-corrected chi connectivity index (χ3v) is 13.7. The molecule has 11 aromatic rings. The summed E-state index contributed by atoms with van der Waals surface area (Å²) in [6.07, 6.45) is 8.78. The van der Waals surface area contributed by atoms with E-state index >= 15 is 0 Å². The van der Waals surface area contributed by atoms with Gasteiger partial charge in [0.25, 0.3) is 0 Å². The first-order valence-electron chi connectivity index (χ1n) is 21.0. The van der Waals surface area contributed by atoms with Crippen LogP contribution in [0.1, 0.15) is 16.9 Å². The zero-order valence-electron chi connectivity index (χ0n) is 33.3. The second-order valence-electron chi connectivity index (χ2n) is 16.0. The Hall–Kier alpha value is -7.46. The lowest BCUT2D eigenvalue weighted by atomic mass is 9.92. The number of fused-ring (bicyclic) bond motifs is 9. The molecule has 1 aliphatic carbocycles. The summed E-state index contributed by atoms with van der Waals surface area (Å²) in [6.45, 7) is 0. The Kier molecular flexibility index (Phi) is 8.53. The molecule has 286 valence electrons. The molecule has 0 saturated heterocycles. The highest BCUT2D eigenvalue weighted by Crippen LogP contribution is 2.43. The Morgan fingerprint density at radius 3 is 1.56 bits per heavy atom. The fourth-order valence-electron chi connectivity index (χ4n) is 9.26. The van der Waals surface area contributed by atoms with E-state index in [0.717, 1.165) is 51.3 Å². The number of benzene rings is 9. The molecule has 0 bridgehead atoms. The normalized spacial score (nSPS) is 12.4. The van der Waals surface area contributed by atoms with E-state index in [-0.39, 0.29) is 0 Å². The Balaban J connectivity index is 1.00. The number of allylic oxidation sites excluding steroid dienone is 1. The number of rotatable bonds is 6. The van der Waals surface area contributed by atoms with Crippen molar-refractivity contribution in [3.05, 3.63) is 211 Å². The maximum absolute atomic E-state index is 5.47. The SMILES string of the molecule is C1=Cc2sc3c(-c4cccc(-c5cnc6c7ccc(-c8ccc(-c9ccccc9)cc8)cc7c7cc(-c8ccc(-c9ccccc9)cc8)ccc7c6n5)c4)cccc3c2CC1. The van der Waals surface area contributed by atoms with Crippen molar-refractivity contribution < 1.29 is 0 Å². The van der Waals surface area contributed by atoms with Gasteiger partial charge in [-0.2, -0.15) is 0 Å². The van der Waals surface area contributed by atoms with Gasteiger partial charge in [-0.3, -0.25) is 4.98 Å². The van der Waals surface area contributed by atoms with Crippen LogP contribution >= 0.6 is 11.3 Å². The van der Waals surface area contributed by atoms with Gasteiger partial charge in [0, 0.05) is 25.9 Å². The largest absolute Gasteiger partial charge is 0.252 e. The van der Waals surface area contributed by atoms with Crippen LogP contribution in [-0.2, 0) is 6.42 Å². The Bertz CT molecular complexity index is 3490. The second kappa shape index (κ2) is 14.7. The van der Waals surface area contributed by atoms with Crippen molar-refractivity contribution in [1.29, 1.82) is 0 Å². The highest BCUT2D eigenvalue weighted by molar-refractivity contribution is 7.20. The van der Waals surface area contributed by atoms with Crippen LogP contribution in [0.5, 0.6) is 0 Å². The van der Waals surface area contributed by atoms with Gasteiger partial charge >= 0.3 is 0 Å². The molecule has 0 unspecified atom stereocenters. The predicted octanol–water partition coefficient (Wildman–Crippen LogP) is 16.1. The highest BCUT2D eigenvalue weighted by atomic mass is 32.1. The molecule has 0 aliphatic heterocycles. The first-order chi connectivity index (χ1) is 30.2. The number of hydrogen-bond donors (Lipinski definition) is 0. The second-order valence-corrected chi connectivity index (χ2v) is 17.1. The van der Waals surface area contributed by atoms with E-state index in [0.29, 0.717) is 0 Å². The molecular weight excluding hydrogens is 757 g/mol. The number of hydrogen-bond acceptors (Lipinski definition) is 3. The quantitative estimate of drug-likeness (QED) is 0.157. The Morgan fingerprint density at radius 1 is 0.393 bits per heavy atom. The van der Waals surface area contributed by atoms with E-state index in [2.05, 4.69) is 200 Å². The molecule has 12 rings (SSSR count). The molecule has 61 heavy (non-hydrogen) atoms. The molecule has 2 heterocycles. The lowest BCUT2D eigenvalue weighted by Gasteiger charge is -2.14. The fourth-order valence-corrected chi connectivity index (χ4v) is 10.6. The summed E-state index contributed by atoms with van der Waals surface area (Å²) in [6, 6.07) is 68.2. The van der Waals surface area contributed by atoms with Crippen molar-refractivity contribution in [2.24, 2.45) is 0 Å². The smallest absolute Gasteiger partial charge is 0.0979 e. The number of aromatic nitrogens is 2. The topological polar surface area (TPSA) is 25.8 Å². The van der Waals surface area contributed by atoms with Crippen LogP contribution in [0.3, 0.4) is 0 Å². The van der Waals surface area contributed by atoms with Gasteiger partial charge in [-0.25, -0.2) is 4.98 Å².